The summed E-state index contributed by atoms with van der Waals surface area (Å²) in [6, 6.07) is 0.805. The Hall–Kier alpha value is -0.0800. The van der Waals surface area contributed by atoms with Gasteiger partial charge in [0.25, 0.3) is 0 Å². The third-order valence-corrected chi connectivity index (χ3v) is 5.26. The van der Waals surface area contributed by atoms with Crippen molar-refractivity contribution >= 4 is 0 Å². The lowest BCUT2D eigenvalue weighted by Gasteiger charge is -2.46. The minimum atomic E-state index is 0.617. The Morgan fingerprint density at radius 1 is 1.19 bits per heavy atom. The van der Waals surface area contributed by atoms with Crippen molar-refractivity contribution in [3.05, 3.63) is 0 Å². The molecular weight excluding hydrogens is 196 g/mol. The Kier molecular flexibility index (Phi) is 2.97. The maximum atomic E-state index is 3.89. The van der Waals surface area contributed by atoms with Crippen molar-refractivity contribution in [2.24, 2.45) is 11.3 Å². The van der Waals surface area contributed by atoms with E-state index in [0.717, 1.165) is 12.0 Å². The third kappa shape index (κ3) is 2.14. The van der Waals surface area contributed by atoms with Crippen molar-refractivity contribution in [1.29, 1.82) is 0 Å². The van der Waals surface area contributed by atoms with Gasteiger partial charge >= 0.3 is 0 Å². The van der Waals surface area contributed by atoms with Crippen LogP contribution < -0.4 is 5.32 Å². The largest absolute Gasteiger partial charge is 0.312 e. The standard InChI is InChI=1S/C14H26N2/c1-14(6-2-3-7-14)11-15-13-10-16-8-4-12(13)5-9-16/h12-13,15H,2-11H2,1H3. The number of nitrogens with zero attached hydrogens (tertiary/aromatic N) is 1. The van der Waals surface area contributed by atoms with Gasteiger partial charge in [-0.3, -0.25) is 0 Å². The molecule has 3 aliphatic heterocycles. The molecule has 1 aliphatic carbocycles. The fraction of sp³-hybridized carbons (Fsp3) is 1.00. The van der Waals surface area contributed by atoms with Crippen molar-refractivity contribution < 1.29 is 0 Å². The second-order valence-corrected chi connectivity index (χ2v) is 6.64. The number of hydrogen-bond donors (Lipinski definition) is 1. The molecule has 1 saturated carbocycles. The maximum Gasteiger partial charge on any atom is 0.0224 e. The highest BCUT2D eigenvalue weighted by atomic mass is 15.2. The van der Waals surface area contributed by atoms with Crippen LogP contribution in [-0.4, -0.2) is 37.1 Å². The highest BCUT2D eigenvalue weighted by Gasteiger charge is 2.36. The van der Waals surface area contributed by atoms with E-state index in [-0.39, 0.29) is 0 Å². The molecule has 92 valence electrons. The van der Waals surface area contributed by atoms with Gasteiger partial charge < -0.3 is 10.2 Å². The van der Waals surface area contributed by atoms with E-state index in [1.165, 1.54) is 64.7 Å². The first kappa shape index (κ1) is 11.0. The Bertz CT molecular complexity index is 237. The fourth-order valence-corrected chi connectivity index (χ4v) is 3.98. The molecule has 1 unspecified atom stereocenters. The van der Waals surface area contributed by atoms with E-state index in [2.05, 4.69) is 17.1 Å². The van der Waals surface area contributed by atoms with Crippen molar-refractivity contribution in [2.75, 3.05) is 26.2 Å². The second kappa shape index (κ2) is 4.30. The molecule has 0 aromatic rings. The highest BCUT2D eigenvalue weighted by Crippen LogP contribution is 2.37. The summed E-state index contributed by atoms with van der Waals surface area (Å²) in [5, 5.41) is 3.89. The molecule has 1 atom stereocenters. The summed E-state index contributed by atoms with van der Waals surface area (Å²) in [4.78, 5) is 2.65. The predicted octanol–water partition coefficient (Wildman–Crippen LogP) is 2.25. The number of nitrogens with one attached hydrogen (secondary N) is 1. The van der Waals surface area contributed by atoms with Crippen LogP contribution >= 0.6 is 0 Å². The van der Waals surface area contributed by atoms with Crippen molar-refractivity contribution in [3.63, 3.8) is 0 Å². The molecule has 2 nitrogen and oxygen atoms in total. The number of piperidine rings is 3. The van der Waals surface area contributed by atoms with Crippen LogP contribution in [0.3, 0.4) is 0 Å². The first-order valence-electron chi connectivity index (χ1n) is 7.21. The lowest BCUT2D eigenvalue weighted by Crippen LogP contribution is -2.57. The van der Waals surface area contributed by atoms with Gasteiger partial charge in [0.1, 0.15) is 0 Å². The number of fused-ring (bicyclic) bond motifs is 3. The van der Waals surface area contributed by atoms with Crippen LogP contribution in [-0.2, 0) is 0 Å². The number of hydrogen-bond acceptors (Lipinski definition) is 2. The van der Waals surface area contributed by atoms with Crippen molar-refractivity contribution in [3.8, 4) is 0 Å². The van der Waals surface area contributed by atoms with Gasteiger partial charge in [-0.25, -0.2) is 0 Å². The van der Waals surface area contributed by atoms with Crippen LogP contribution in [0.25, 0.3) is 0 Å². The first-order chi connectivity index (χ1) is 7.75. The minimum absolute atomic E-state index is 0.617. The molecule has 0 radical (unpaired) electrons. The molecule has 4 rings (SSSR count). The Labute approximate surface area is 99.8 Å². The molecule has 0 amide bonds. The molecule has 4 fully saturated rings. The van der Waals surface area contributed by atoms with Gasteiger partial charge in [0.05, 0.1) is 0 Å². The predicted molar refractivity (Wildman–Crippen MR) is 67.5 cm³/mol. The van der Waals surface area contributed by atoms with Crippen molar-refractivity contribution in [2.45, 2.75) is 51.5 Å². The highest BCUT2D eigenvalue weighted by molar-refractivity contribution is 4.93. The van der Waals surface area contributed by atoms with Gasteiger partial charge in [0, 0.05) is 19.1 Å². The summed E-state index contributed by atoms with van der Waals surface area (Å²) in [7, 11) is 0. The van der Waals surface area contributed by atoms with E-state index in [0.29, 0.717) is 5.41 Å². The lowest BCUT2D eigenvalue weighted by molar-refractivity contribution is 0.0670. The summed E-state index contributed by atoms with van der Waals surface area (Å²) in [5.41, 5.74) is 0.617. The van der Waals surface area contributed by atoms with E-state index in [4.69, 9.17) is 0 Å². The minimum Gasteiger partial charge on any atom is -0.312 e. The Morgan fingerprint density at radius 3 is 2.44 bits per heavy atom. The third-order valence-electron chi connectivity index (χ3n) is 5.26. The topological polar surface area (TPSA) is 15.3 Å². The van der Waals surface area contributed by atoms with Gasteiger partial charge in [-0.05, 0) is 50.1 Å². The van der Waals surface area contributed by atoms with E-state index in [1.807, 2.05) is 0 Å². The molecule has 16 heavy (non-hydrogen) atoms. The number of rotatable bonds is 3. The molecule has 3 heterocycles. The van der Waals surface area contributed by atoms with Crippen LogP contribution in [0.1, 0.15) is 45.4 Å². The zero-order valence-electron chi connectivity index (χ0n) is 10.7. The van der Waals surface area contributed by atoms with E-state index >= 15 is 0 Å². The van der Waals surface area contributed by atoms with Gasteiger partial charge in [-0.2, -0.15) is 0 Å². The molecular formula is C14H26N2. The molecule has 4 aliphatic rings. The summed E-state index contributed by atoms with van der Waals surface area (Å²) < 4.78 is 0. The summed E-state index contributed by atoms with van der Waals surface area (Å²) >= 11 is 0. The van der Waals surface area contributed by atoms with Gasteiger partial charge in [-0.1, -0.05) is 19.8 Å². The lowest BCUT2D eigenvalue weighted by atomic mass is 9.82. The zero-order valence-corrected chi connectivity index (χ0v) is 10.7. The fourth-order valence-electron chi connectivity index (χ4n) is 3.98. The quantitative estimate of drug-likeness (QED) is 0.788. The average Bonchev–Trinajstić information content (AvgIpc) is 2.76. The van der Waals surface area contributed by atoms with E-state index < -0.39 is 0 Å². The van der Waals surface area contributed by atoms with Crippen LogP contribution in [0, 0.1) is 11.3 Å². The summed E-state index contributed by atoms with van der Waals surface area (Å²) in [5.74, 6) is 0.981. The monoisotopic (exact) mass is 222 g/mol. The molecule has 2 bridgehead atoms. The van der Waals surface area contributed by atoms with Gasteiger partial charge in [0.15, 0.2) is 0 Å². The normalized spacial score (nSPS) is 41.4. The van der Waals surface area contributed by atoms with Crippen LogP contribution in [0.4, 0.5) is 0 Å². The average molecular weight is 222 g/mol. The molecule has 0 spiro atoms. The van der Waals surface area contributed by atoms with Crippen LogP contribution in [0.5, 0.6) is 0 Å². The van der Waals surface area contributed by atoms with Crippen molar-refractivity contribution in [1.82, 2.24) is 10.2 Å². The zero-order chi connectivity index (χ0) is 11.0. The molecule has 0 aromatic heterocycles. The molecule has 3 saturated heterocycles. The molecule has 1 N–H and O–H groups in total. The van der Waals surface area contributed by atoms with E-state index in [9.17, 15) is 0 Å². The maximum absolute atomic E-state index is 3.89. The Morgan fingerprint density at radius 2 is 1.88 bits per heavy atom. The van der Waals surface area contributed by atoms with Gasteiger partial charge in [-0.15, -0.1) is 0 Å². The van der Waals surface area contributed by atoms with Gasteiger partial charge in [0.2, 0.25) is 0 Å². The molecule has 0 aromatic carbocycles. The van der Waals surface area contributed by atoms with Crippen LogP contribution in [0.15, 0.2) is 0 Å². The summed E-state index contributed by atoms with van der Waals surface area (Å²) in [6.45, 7) is 7.79. The van der Waals surface area contributed by atoms with Crippen LogP contribution in [0.2, 0.25) is 0 Å². The Balaban J connectivity index is 1.51. The second-order valence-electron chi connectivity index (χ2n) is 6.64. The van der Waals surface area contributed by atoms with E-state index in [1.54, 1.807) is 0 Å². The smallest absolute Gasteiger partial charge is 0.0224 e. The first-order valence-corrected chi connectivity index (χ1v) is 7.21. The molecule has 2 heteroatoms. The SMILES string of the molecule is CC1(CNC2CN3CCC2CC3)CCCC1. The summed E-state index contributed by atoms with van der Waals surface area (Å²) in [6.07, 6.45) is 8.68.